The monoisotopic (exact) mass is 249 g/mol. The Morgan fingerprint density at radius 3 is 2.83 bits per heavy atom. The summed E-state index contributed by atoms with van der Waals surface area (Å²) in [4.78, 5) is 12.1. The molecule has 1 unspecified atom stereocenters. The molecule has 0 bridgehead atoms. The summed E-state index contributed by atoms with van der Waals surface area (Å²) in [7, 11) is 1.52. The molecule has 0 spiro atoms. The number of nitrogens with one attached hydrogen (secondary N) is 1. The van der Waals surface area contributed by atoms with Gasteiger partial charge in [-0.25, -0.2) is 4.98 Å². The number of ether oxygens (including phenoxy) is 1. The van der Waals surface area contributed by atoms with Crippen LogP contribution >= 0.6 is 0 Å². The number of methoxy groups -OCH3 is 1. The number of anilines is 2. The van der Waals surface area contributed by atoms with Crippen molar-refractivity contribution in [2.24, 2.45) is 0 Å². The predicted molar refractivity (Wildman–Crippen MR) is 66.3 cm³/mol. The molecule has 0 radical (unpaired) electrons. The first-order chi connectivity index (χ1) is 8.58. The molecule has 0 aromatic carbocycles. The minimum atomic E-state index is -0.127. The molecule has 2 rings (SSSR count). The molecule has 0 saturated heterocycles. The Labute approximate surface area is 104 Å². The van der Waals surface area contributed by atoms with Gasteiger partial charge in [-0.1, -0.05) is 0 Å². The van der Waals surface area contributed by atoms with Gasteiger partial charge >= 0.3 is 0 Å². The van der Waals surface area contributed by atoms with Crippen molar-refractivity contribution < 1.29 is 9.15 Å². The number of nitrogens with two attached hydrogens (primary N) is 1. The van der Waals surface area contributed by atoms with Crippen molar-refractivity contribution in [2.45, 2.75) is 19.9 Å². The van der Waals surface area contributed by atoms with Crippen LogP contribution in [0, 0.1) is 6.92 Å². The van der Waals surface area contributed by atoms with Gasteiger partial charge in [0.1, 0.15) is 17.6 Å². The Kier molecular flexibility index (Phi) is 3.31. The lowest BCUT2D eigenvalue weighted by molar-refractivity contribution is 0.397. The second-order valence-corrected chi connectivity index (χ2v) is 3.83. The van der Waals surface area contributed by atoms with Crippen LogP contribution in [0.15, 0.2) is 16.7 Å². The van der Waals surface area contributed by atoms with Gasteiger partial charge in [-0.2, -0.15) is 9.97 Å². The fourth-order valence-corrected chi connectivity index (χ4v) is 1.48. The number of nitrogens with zero attached hydrogens (tertiary/aromatic N) is 3. The van der Waals surface area contributed by atoms with Crippen LogP contribution in [-0.2, 0) is 0 Å². The van der Waals surface area contributed by atoms with Crippen LogP contribution in [0.25, 0.3) is 0 Å². The summed E-state index contributed by atoms with van der Waals surface area (Å²) >= 11 is 0. The van der Waals surface area contributed by atoms with E-state index in [9.17, 15) is 0 Å². The Balaban J connectivity index is 2.16. The van der Waals surface area contributed by atoms with Crippen molar-refractivity contribution >= 4 is 11.8 Å². The molecular weight excluding hydrogens is 234 g/mol. The molecule has 0 aliphatic carbocycles. The third-order valence-electron chi connectivity index (χ3n) is 2.30. The second-order valence-electron chi connectivity index (χ2n) is 3.83. The van der Waals surface area contributed by atoms with Gasteiger partial charge in [0.15, 0.2) is 0 Å². The summed E-state index contributed by atoms with van der Waals surface area (Å²) in [5.41, 5.74) is 5.57. The van der Waals surface area contributed by atoms with E-state index < -0.39 is 0 Å². The summed E-state index contributed by atoms with van der Waals surface area (Å²) in [6, 6.07) is 1.53. The maximum atomic E-state index is 5.57. The number of hydrogen-bond acceptors (Lipinski definition) is 7. The number of rotatable bonds is 4. The van der Waals surface area contributed by atoms with Gasteiger partial charge in [0, 0.05) is 6.07 Å². The maximum Gasteiger partial charge on any atom is 0.225 e. The lowest BCUT2D eigenvalue weighted by Crippen LogP contribution is -2.10. The number of oxazole rings is 1. The minimum absolute atomic E-state index is 0.127. The smallest absolute Gasteiger partial charge is 0.225 e. The zero-order valence-corrected chi connectivity index (χ0v) is 10.5. The second kappa shape index (κ2) is 4.91. The first-order valence-electron chi connectivity index (χ1n) is 5.46. The number of hydrogen-bond donors (Lipinski definition) is 2. The summed E-state index contributed by atoms with van der Waals surface area (Å²) in [6.07, 6.45) is 1.67. The predicted octanol–water partition coefficient (Wildman–Crippen LogP) is 1.54. The molecule has 2 aromatic heterocycles. The summed E-state index contributed by atoms with van der Waals surface area (Å²) in [5.74, 6) is 2.46. The van der Waals surface area contributed by atoms with E-state index in [-0.39, 0.29) is 12.0 Å². The lowest BCUT2D eigenvalue weighted by Gasteiger charge is -2.11. The first-order valence-corrected chi connectivity index (χ1v) is 5.46. The average Bonchev–Trinajstić information content (AvgIpc) is 2.75. The molecule has 3 N–H and O–H groups in total. The molecule has 0 aliphatic rings. The molecule has 0 amide bonds. The molecule has 0 aliphatic heterocycles. The number of aromatic nitrogens is 3. The summed E-state index contributed by atoms with van der Waals surface area (Å²) in [6.45, 7) is 3.75. The molecule has 7 nitrogen and oxygen atoms in total. The highest BCUT2D eigenvalue weighted by Crippen LogP contribution is 2.20. The lowest BCUT2D eigenvalue weighted by atomic mass is 10.3. The van der Waals surface area contributed by atoms with Crippen molar-refractivity contribution in [1.29, 1.82) is 0 Å². The summed E-state index contributed by atoms with van der Waals surface area (Å²) in [5, 5.41) is 3.12. The Morgan fingerprint density at radius 2 is 2.22 bits per heavy atom. The highest BCUT2D eigenvalue weighted by Gasteiger charge is 2.12. The molecule has 0 fully saturated rings. The van der Waals surface area contributed by atoms with Crippen molar-refractivity contribution in [1.82, 2.24) is 15.0 Å². The van der Waals surface area contributed by atoms with Crippen LogP contribution in [0.4, 0.5) is 11.8 Å². The largest absolute Gasteiger partial charge is 0.481 e. The molecule has 2 heterocycles. The molecule has 0 saturated carbocycles. The number of nitrogen functional groups attached to an aromatic ring is 1. The van der Waals surface area contributed by atoms with Crippen molar-refractivity contribution in [3.63, 3.8) is 0 Å². The third kappa shape index (κ3) is 2.68. The molecule has 7 heteroatoms. The zero-order chi connectivity index (χ0) is 13.1. The quantitative estimate of drug-likeness (QED) is 0.847. The van der Waals surface area contributed by atoms with E-state index in [4.69, 9.17) is 14.9 Å². The van der Waals surface area contributed by atoms with Crippen LogP contribution in [-0.4, -0.2) is 22.1 Å². The fraction of sp³-hybridized carbons (Fsp3) is 0.364. The Morgan fingerprint density at radius 1 is 1.44 bits per heavy atom. The van der Waals surface area contributed by atoms with Gasteiger partial charge in [-0.3, -0.25) is 0 Å². The van der Waals surface area contributed by atoms with Gasteiger partial charge in [0.2, 0.25) is 17.7 Å². The molecular formula is C11H15N5O2. The van der Waals surface area contributed by atoms with Crippen LogP contribution in [0.3, 0.4) is 0 Å². The standard InChI is InChI=1S/C11H15N5O2/c1-6-5-13-10(18-6)7(2)14-8-4-9(17-3)16-11(12)15-8/h4-5,7H,1-3H3,(H3,12,14,15,16). The van der Waals surface area contributed by atoms with Gasteiger partial charge in [-0.05, 0) is 13.8 Å². The van der Waals surface area contributed by atoms with Gasteiger partial charge in [0.05, 0.1) is 13.3 Å². The van der Waals surface area contributed by atoms with E-state index in [1.54, 1.807) is 12.3 Å². The van der Waals surface area contributed by atoms with Crippen molar-refractivity contribution in [3.05, 3.63) is 23.9 Å². The SMILES string of the molecule is COc1cc(NC(C)c2ncc(C)o2)nc(N)n1. The Bertz CT molecular complexity index is 540. The normalized spacial score (nSPS) is 12.2. The van der Waals surface area contributed by atoms with E-state index in [1.165, 1.54) is 7.11 Å². The van der Waals surface area contributed by atoms with E-state index in [1.807, 2.05) is 13.8 Å². The fourth-order valence-electron chi connectivity index (χ4n) is 1.48. The van der Waals surface area contributed by atoms with Crippen LogP contribution < -0.4 is 15.8 Å². The Hall–Kier alpha value is -2.31. The van der Waals surface area contributed by atoms with Crippen LogP contribution in [0.2, 0.25) is 0 Å². The van der Waals surface area contributed by atoms with E-state index in [0.717, 1.165) is 5.76 Å². The average molecular weight is 249 g/mol. The minimum Gasteiger partial charge on any atom is -0.481 e. The van der Waals surface area contributed by atoms with Gasteiger partial charge < -0.3 is 20.2 Å². The van der Waals surface area contributed by atoms with Gasteiger partial charge in [-0.15, -0.1) is 0 Å². The van der Waals surface area contributed by atoms with Gasteiger partial charge in [0.25, 0.3) is 0 Å². The topological polar surface area (TPSA) is 99.1 Å². The highest BCUT2D eigenvalue weighted by molar-refractivity contribution is 5.43. The van der Waals surface area contributed by atoms with E-state index in [0.29, 0.717) is 17.6 Å². The number of aryl methyl sites for hydroxylation is 1. The first kappa shape index (κ1) is 12.2. The molecule has 1 atom stereocenters. The maximum absolute atomic E-state index is 5.57. The van der Waals surface area contributed by atoms with Crippen molar-refractivity contribution in [2.75, 3.05) is 18.2 Å². The molecule has 18 heavy (non-hydrogen) atoms. The van der Waals surface area contributed by atoms with E-state index in [2.05, 4.69) is 20.3 Å². The molecule has 96 valence electrons. The third-order valence-corrected chi connectivity index (χ3v) is 2.30. The highest BCUT2D eigenvalue weighted by atomic mass is 16.5. The van der Waals surface area contributed by atoms with E-state index >= 15 is 0 Å². The summed E-state index contributed by atoms with van der Waals surface area (Å²) < 4.78 is 10.4. The van der Waals surface area contributed by atoms with Crippen LogP contribution in [0.1, 0.15) is 24.6 Å². The molecule has 2 aromatic rings. The van der Waals surface area contributed by atoms with Crippen molar-refractivity contribution in [3.8, 4) is 5.88 Å². The zero-order valence-electron chi connectivity index (χ0n) is 10.5. The van der Waals surface area contributed by atoms with Crippen LogP contribution in [0.5, 0.6) is 5.88 Å².